The van der Waals surface area contributed by atoms with Crippen LogP contribution in [-0.2, 0) is 17.6 Å². The highest BCUT2D eigenvalue weighted by Crippen LogP contribution is 2.28. The van der Waals surface area contributed by atoms with E-state index in [1.54, 1.807) is 7.11 Å². The van der Waals surface area contributed by atoms with Crippen molar-refractivity contribution in [2.24, 2.45) is 0 Å². The van der Waals surface area contributed by atoms with Gasteiger partial charge in [0.15, 0.2) is 0 Å². The summed E-state index contributed by atoms with van der Waals surface area (Å²) >= 11 is 0. The number of methoxy groups -OCH3 is 1. The zero-order chi connectivity index (χ0) is 22.2. The molecule has 1 amide bonds. The first-order chi connectivity index (χ1) is 15.7. The third-order valence-corrected chi connectivity index (χ3v) is 5.85. The minimum atomic E-state index is 0.185. The molecule has 1 heterocycles. The van der Waals surface area contributed by atoms with Crippen LogP contribution in [0.15, 0.2) is 78.9 Å². The summed E-state index contributed by atoms with van der Waals surface area (Å²) in [5, 5.41) is 3.44. The van der Waals surface area contributed by atoms with Crippen LogP contribution in [0, 0.1) is 0 Å². The molecule has 4 rings (SSSR count). The molecule has 3 aromatic rings. The average Bonchev–Trinajstić information content (AvgIpc) is 2.85. The third-order valence-electron chi connectivity index (χ3n) is 5.85. The van der Waals surface area contributed by atoms with Crippen LogP contribution in [0.3, 0.4) is 0 Å². The van der Waals surface area contributed by atoms with Crippen LogP contribution < -0.4 is 14.8 Å². The van der Waals surface area contributed by atoms with Crippen LogP contribution in [0.5, 0.6) is 17.2 Å². The Labute approximate surface area is 190 Å². The van der Waals surface area contributed by atoms with Gasteiger partial charge in [0.25, 0.3) is 0 Å². The second kappa shape index (κ2) is 10.8. The first kappa shape index (κ1) is 21.9. The van der Waals surface area contributed by atoms with Gasteiger partial charge < -0.3 is 19.7 Å². The Morgan fingerprint density at radius 1 is 0.969 bits per heavy atom. The summed E-state index contributed by atoms with van der Waals surface area (Å²) in [6, 6.07) is 26.0. The van der Waals surface area contributed by atoms with Gasteiger partial charge in [-0.05, 0) is 54.3 Å². The minimum absolute atomic E-state index is 0.185. The zero-order valence-electron chi connectivity index (χ0n) is 18.5. The highest BCUT2D eigenvalue weighted by atomic mass is 16.5. The Hall–Kier alpha value is -3.31. The van der Waals surface area contributed by atoms with Gasteiger partial charge in [0.2, 0.25) is 5.91 Å². The topological polar surface area (TPSA) is 50.8 Å². The maximum Gasteiger partial charge on any atom is 0.223 e. The van der Waals surface area contributed by atoms with Crippen molar-refractivity contribution >= 4 is 5.91 Å². The van der Waals surface area contributed by atoms with Crippen molar-refractivity contribution < 1.29 is 14.3 Å². The number of piperazine rings is 1. The lowest BCUT2D eigenvalue weighted by atomic mass is 10.0. The summed E-state index contributed by atoms with van der Waals surface area (Å²) in [6.45, 7) is 2.42. The summed E-state index contributed by atoms with van der Waals surface area (Å²) in [5.74, 6) is 2.52. The molecule has 1 N–H and O–H groups in total. The van der Waals surface area contributed by atoms with Gasteiger partial charge in [-0.3, -0.25) is 4.79 Å². The number of carbonyl (C=O) groups is 1. The van der Waals surface area contributed by atoms with Crippen molar-refractivity contribution in [3.8, 4) is 17.2 Å². The molecule has 5 heteroatoms. The van der Waals surface area contributed by atoms with Crippen molar-refractivity contribution in [1.29, 1.82) is 0 Å². The molecule has 1 fully saturated rings. The van der Waals surface area contributed by atoms with Gasteiger partial charge in [-0.15, -0.1) is 0 Å². The van der Waals surface area contributed by atoms with E-state index in [2.05, 4.69) is 34.5 Å². The maximum atomic E-state index is 13.2. The fourth-order valence-corrected chi connectivity index (χ4v) is 4.12. The van der Waals surface area contributed by atoms with Crippen molar-refractivity contribution in [2.45, 2.75) is 25.3 Å². The lowest BCUT2D eigenvalue weighted by Crippen LogP contribution is -2.54. The largest absolute Gasteiger partial charge is 0.497 e. The quantitative estimate of drug-likeness (QED) is 0.573. The van der Waals surface area contributed by atoms with E-state index in [0.717, 1.165) is 48.9 Å². The lowest BCUT2D eigenvalue weighted by molar-refractivity contribution is -0.134. The number of benzene rings is 3. The molecular formula is C27H30N2O3. The van der Waals surface area contributed by atoms with Crippen LogP contribution in [0.1, 0.15) is 17.5 Å². The summed E-state index contributed by atoms with van der Waals surface area (Å²) in [4.78, 5) is 15.2. The number of nitrogens with zero attached hydrogens (tertiary/aromatic N) is 1. The smallest absolute Gasteiger partial charge is 0.223 e. The molecule has 1 atom stereocenters. The molecule has 166 valence electrons. The molecule has 0 spiro atoms. The Kier molecular flexibility index (Phi) is 7.41. The van der Waals surface area contributed by atoms with E-state index < -0.39 is 0 Å². The van der Waals surface area contributed by atoms with E-state index in [9.17, 15) is 4.79 Å². The Bertz CT molecular complexity index is 1000. The predicted octanol–water partition coefficient (Wildman–Crippen LogP) is 4.46. The zero-order valence-corrected chi connectivity index (χ0v) is 18.5. The van der Waals surface area contributed by atoms with Crippen LogP contribution in [0.2, 0.25) is 0 Å². The van der Waals surface area contributed by atoms with E-state index >= 15 is 0 Å². The van der Waals surface area contributed by atoms with Crippen LogP contribution in [0.25, 0.3) is 0 Å². The number of carbonyl (C=O) groups excluding carboxylic acids is 1. The van der Waals surface area contributed by atoms with Gasteiger partial charge in [0.05, 0.1) is 7.11 Å². The Morgan fingerprint density at radius 2 is 1.69 bits per heavy atom. The van der Waals surface area contributed by atoms with E-state index in [1.807, 2.05) is 54.6 Å². The van der Waals surface area contributed by atoms with Gasteiger partial charge in [-0.25, -0.2) is 0 Å². The SMILES string of the molecule is COc1ccc(Oc2ccccc2CCC(=O)N2CCNC[C@H]2Cc2ccccc2)cc1. The van der Waals surface area contributed by atoms with Gasteiger partial charge in [0, 0.05) is 32.1 Å². The van der Waals surface area contributed by atoms with Crippen molar-refractivity contribution in [3.63, 3.8) is 0 Å². The minimum Gasteiger partial charge on any atom is -0.497 e. The molecule has 0 aliphatic carbocycles. The Morgan fingerprint density at radius 3 is 2.47 bits per heavy atom. The highest BCUT2D eigenvalue weighted by molar-refractivity contribution is 5.77. The molecular weight excluding hydrogens is 400 g/mol. The number of hydrogen-bond acceptors (Lipinski definition) is 4. The van der Waals surface area contributed by atoms with Crippen molar-refractivity contribution in [2.75, 3.05) is 26.7 Å². The second-order valence-corrected chi connectivity index (χ2v) is 8.02. The van der Waals surface area contributed by atoms with Crippen LogP contribution >= 0.6 is 0 Å². The van der Waals surface area contributed by atoms with Crippen LogP contribution in [0.4, 0.5) is 0 Å². The third kappa shape index (κ3) is 5.68. The molecule has 5 nitrogen and oxygen atoms in total. The first-order valence-electron chi connectivity index (χ1n) is 11.2. The highest BCUT2D eigenvalue weighted by Gasteiger charge is 2.26. The number of aryl methyl sites for hydroxylation is 1. The number of hydrogen-bond donors (Lipinski definition) is 1. The summed E-state index contributed by atoms with van der Waals surface area (Å²) in [6.07, 6.45) is 1.98. The summed E-state index contributed by atoms with van der Waals surface area (Å²) in [5.41, 5.74) is 2.30. The second-order valence-electron chi connectivity index (χ2n) is 8.02. The van der Waals surface area contributed by atoms with E-state index in [4.69, 9.17) is 9.47 Å². The van der Waals surface area contributed by atoms with Gasteiger partial charge in [0.1, 0.15) is 17.2 Å². The van der Waals surface area contributed by atoms with Gasteiger partial charge >= 0.3 is 0 Å². The number of para-hydroxylation sites is 1. The van der Waals surface area contributed by atoms with Crippen molar-refractivity contribution in [1.82, 2.24) is 10.2 Å². The maximum absolute atomic E-state index is 13.2. The number of ether oxygens (including phenoxy) is 2. The molecule has 0 aromatic heterocycles. The molecule has 1 aliphatic heterocycles. The average molecular weight is 431 g/mol. The molecule has 32 heavy (non-hydrogen) atoms. The molecule has 0 saturated carbocycles. The normalized spacial score (nSPS) is 15.9. The molecule has 0 radical (unpaired) electrons. The summed E-state index contributed by atoms with van der Waals surface area (Å²) < 4.78 is 11.3. The fraction of sp³-hybridized carbons (Fsp3) is 0.296. The van der Waals surface area contributed by atoms with E-state index in [-0.39, 0.29) is 11.9 Å². The fourth-order valence-electron chi connectivity index (χ4n) is 4.12. The number of rotatable bonds is 8. The van der Waals surface area contributed by atoms with Crippen LogP contribution in [-0.4, -0.2) is 43.6 Å². The van der Waals surface area contributed by atoms with Gasteiger partial charge in [-0.2, -0.15) is 0 Å². The Balaban J connectivity index is 1.39. The molecule has 0 unspecified atom stereocenters. The van der Waals surface area contributed by atoms with E-state index in [0.29, 0.717) is 12.8 Å². The number of nitrogens with one attached hydrogen (secondary N) is 1. The summed E-state index contributed by atoms with van der Waals surface area (Å²) in [7, 11) is 1.64. The predicted molar refractivity (Wildman–Crippen MR) is 126 cm³/mol. The van der Waals surface area contributed by atoms with Gasteiger partial charge in [-0.1, -0.05) is 48.5 Å². The molecule has 1 aliphatic rings. The molecule has 1 saturated heterocycles. The van der Waals surface area contributed by atoms with Crippen molar-refractivity contribution in [3.05, 3.63) is 90.0 Å². The first-order valence-corrected chi connectivity index (χ1v) is 11.2. The lowest BCUT2D eigenvalue weighted by Gasteiger charge is -2.36. The monoisotopic (exact) mass is 430 g/mol. The molecule has 0 bridgehead atoms. The standard InChI is InChI=1S/C27H30N2O3/c1-31-24-12-14-25(15-13-24)32-26-10-6-5-9-22(26)11-16-27(30)29-18-17-28-20-23(29)19-21-7-3-2-4-8-21/h2-10,12-15,23,28H,11,16-20H2,1H3/t23-/m1/s1. The van der Waals surface area contributed by atoms with E-state index in [1.165, 1.54) is 5.56 Å². The number of amides is 1. The molecule has 3 aromatic carbocycles.